The van der Waals surface area contributed by atoms with Crippen LogP contribution in [0.2, 0.25) is 0 Å². The fraction of sp³-hybridized carbons (Fsp3) is 0.833. The van der Waals surface area contributed by atoms with Crippen LogP contribution in [0, 0.1) is 5.92 Å². The van der Waals surface area contributed by atoms with Gasteiger partial charge in [-0.15, -0.1) is 0 Å². The van der Waals surface area contributed by atoms with Crippen molar-refractivity contribution < 1.29 is 4.79 Å². The zero-order valence-corrected chi connectivity index (χ0v) is 6.67. The van der Waals surface area contributed by atoms with Crippen molar-refractivity contribution in [3.8, 4) is 0 Å². The zero-order valence-electron chi connectivity index (χ0n) is 5.10. The van der Waals surface area contributed by atoms with Gasteiger partial charge in [-0.3, -0.25) is 4.79 Å². The van der Waals surface area contributed by atoms with Crippen molar-refractivity contribution in [1.82, 2.24) is 0 Å². The quantitative estimate of drug-likeness (QED) is 0.584. The molecule has 1 fully saturated rings. The standard InChI is InChI=1S/C6H9ClOS/c7-6(8)9-4-5-2-1-3-5/h5H,1-4H2. The SMILES string of the molecule is O=C(Cl)SCC1CCC1. The van der Waals surface area contributed by atoms with Gasteiger partial charge < -0.3 is 0 Å². The highest BCUT2D eigenvalue weighted by Crippen LogP contribution is 2.30. The molecule has 0 amide bonds. The smallest absolute Gasteiger partial charge is 0.268 e. The summed E-state index contributed by atoms with van der Waals surface area (Å²) in [5.41, 5.74) is 0. The van der Waals surface area contributed by atoms with E-state index in [1.807, 2.05) is 0 Å². The number of thioether (sulfide) groups is 1. The number of halogens is 1. The van der Waals surface area contributed by atoms with Gasteiger partial charge in [0.05, 0.1) is 0 Å². The Morgan fingerprint density at radius 1 is 1.67 bits per heavy atom. The Bertz CT molecular complexity index is 112. The molecule has 0 aromatic heterocycles. The van der Waals surface area contributed by atoms with E-state index in [9.17, 15) is 4.79 Å². The van der Waals surface area contributed by atoms with Crippen molar-refractivity contribution >= 4 is 27.9 Å². The van der Waals surface area contributed by atoms with Gasteiger partial charge in [0.25, 0.3) is 4.57 Å². The molecule has 1 saturated carbocycles. The van der Waals surface area contributed by atoms with Crippen molar-refractivity contribution in [3.63, 3.8) is 0 Å². The third kappa shape index (κ3) is 2.59. The molecule has 0 aromatic rings. The maximum Gasteiger partial charge on any atom is 0.279 e. The van der Waals surface area contributed by atoms with Gasteiger partial charge in [-0.1, -0.05) is 18.2 Å². The fourth-order valence-corrected chi connectivity index (χ4v) is 1.73. The molecule has 0 unspecified atom stereocenters. The summed E-state index contributed by atoms with van der Waals surface area (Å²) in [5.74, 6) is 1.71. The number of hydrogen-bond donors (Lipinski definition) is 0. The summed E-state index contributed by atoms with van der Waals surface area (Å²) in [5, 5.41) is 0. The lowest BCUT2D eigenvalue weighted by Crippen LogP contribution is -2.13. The molecule has 1 aliphatic rings. The van der Waals surface area contributed by atoms with Crippen molar-refractivity contribution in [2.24, 2.45) is 5.92 Å². The Labute approximate surface area is 64.1 Å². The molecule has 0 heterocycles. The predicted octanol–water partition coefficient (Wildman–Crippen LogP) is 2.88. The third-order valence-corrected chi connectivity index (χ3v) is 2.85. The molecular weight excluding hydrogens is 156 g/mol. The normalized spacial score (nSPS) is 19.2. The molecule has 0 N–H and O–H groups in total. The highest BCUT2D eigenvalue weighted by Gasteiger charge is 2.17. The van der Waals surface area contributed by atoms with Crippen molar-refractivity contribution in [3.05, 3.63) is 0 Å². The van der Waals surface area contributed by atoms with E-state index in [4.69, 9.17) is 11.6 Å². The number of rotatable bonds is 2. The van der Waals surface area contributed by atoms with Crippen LogP contribution < -0.4 is 0 Å². The fourth-order valence-electron chi connectivity index (χ4n) is 0.843. The molecule has 1 aliphatic carbocycles. The molecule has 9 heavy (non-hydrogen) atoms. The van der Waals surface area contributed by atoms with E-state index in [1.54, 1.807) is 0 Å². The molecule has 52 valence electrons. The van der Waals surface area contributed by atoms with Crippen LogP contribution in [-0.4, -0.2) is 10.3 Å². The summed E-state index contributed by atoms with van der Waals surface area (Å²) in [7, 11) is 0. The van der Waals surface area contributed by atoms with Crippen LogP contribution in [0.1, 0.15) is 19.3 Å². The average Bonchev–Trinajstić information content (AvgIpc) is 1.60. The highest BCUT2D eigenvalue weighted by molar-refractivity contribution is 8.16. The van der Waals surface area contributed by atoms with E-state index < -0.39 is 0 Å². The van der Waals surface area contributed by atoms with Gasteiger partial charge in [-0.25, -0.2) is 0 Å². The zero-order chi connectivity index (χ0) is 6.69. The first-order valence-corrected chi connectivity index (χ1v) is 4.47. The number of carbonyl (C=O) groups excluding carboxylic acids is 1. The minimum atomic E-state index is -0.262. The first-order valence-electron chi connectivity index (χ1n) is 3.11. The molecule has 0 radical (unpaired) electrons. The Hall–Kier alpha value is 0.310. The maximum absolute atomic E-state index is 10.2. The molecular formula is C6H9ClOS. The first kappa shape index (κ1) is 7.42. The molecule has 0 atom stereocenters. The second-order valence-corrected chi connectivity index (χ2v) is 3.91. The van der Waals surface area contributed by atoms with E-state index >= 15 is 0 Å². The van der Waals surface area contributed by atoms with Crippen LogP contribution in [-0.2, 0) is 0 Å². The van der Waals surface area contributed by atoms with E-state index in [0.717, 1.165) is 11.7 Å². The van der Waals surface area contributed by atoms with Crippen LogP contribution in [0.3, 0.4) is 0 Å². The van der Waals surface area contributed by atoms with Crippen LogP contribution in [0.15, 0.2) is 0 Å². The van der Waals surface area contributed by atoms with Gasteiger partial charge in [0.2, 0.25) is 0 Å². The second kappa shape index (κ2) is 3.47. The first-order chi connectivity index (χ1) is 4.29. The summed E-state index contributed by atoms with van der Waals surface area (Å²) in [4.78, 5) is 10.2. The Morgan fingerprint density at radius 2 is 2.33 bits per heavy atom. The summed E-state index contributed by atoms with van der Waals surface area (Å²) in [6, 6.07) is 0. The summed E-state index contributed by atoms with van der Waals surface area (Å²) in [6.07, 6.45) is 3.91. The minimum Gasteiger partial charge on any atom is -0.268 e. The van der Waals surface area contributed by atoms with Crippen molar-refractivity contribution in [1.29, 1.82) is 0 Å². The minimum absolute atomic E-state index is 0.262. The van der Waals surface area contributed by atoms with Gasteiger partial charge in [-0.05, 0) is 30.4 Å². The van der Waals surface area contributed by atoms with Crippen molar-refractivity contribution in [2.75, 3.05) is 5.75 Å². The maximum atomic E-state index is 10.2. The average molecular weight is 165 g/mol. The summed E-state index contributed by atoms with van der Waals surface area (Å²) >= 11 is 6.37. The van der Waals surface area contributed by atoms with Gasteiger partial charge in [0.1, 0.15) is 0 Å². The van der Waals surface area contributed by atoms with Crippen LogP contribution in [0.5, 0.6) is 0 Å². The predicted molar refractivity (Wildman–Crippen MR) is 41.0 cm³/mol. The van der Waals surface area contributed by atoms with Gasteiger partial charge in [0.15, 0.2) is 0 Å². The third-order valence-electron chi connectivity index (χ3n) is 1.66. The molecule has 0 aromatic carbocycles. The number of hydrogen-bond acceptors (Lipinski definition) is 2. The van der Waals surface area contributed by atoms with E-state index in [0.29, 0.717) is 0 Å². The van der Waals surface area contributed by atoms with Crippen LogP contribution >= 0.6 is 23.4 Å². The summed E-state index contributed by atoms with van der Waals surface area (Å²) < 4.78 is -0.262. The molecule has 0 spiro atoms. The monoisotopic (exact) mass is 164 g/mol. The Balaban J connectivity index is 1.97. The molecule has 1 nitrogen and oxygen atoms in total. The lowest BCUT2D eigenvalue weighted by atomic mass is 9.87. The van der Waals surface area contributed by atoms with Gasteiger partial charge >= 0.3 is 0 Å². The van der Waals surface area contributed by atoms with Gasteiger partial charge in [0, 0.05) is 5.75 Å². The lowest BCUT2D eigenvalue weighted by Gasteiger charge is -2.23. The largest absolute Gasteiger partial charge is 0.279 e. The van der Waals surface area contributed by atoms with Crippen molar-refractivity contribution in [2.45, 2.75) is 19.3 Å². The van der Waals surface area contributed by atoms with E-state index in [2.05, 4.69) is 0 Å². The molecule has 0 bridgehead atoms. The van der Waals surface area contributed by atoms with Gasteiger partial charge in [-0.2, -0.15) is 0 Å². The second-order valence-electron chi connectivity index (χ2n) is 2.35. The Kier molecular flexibility index (Phi) is 2.86. The molecule has 3 heteroatoms. The van der Waals surface area contributed by atoms with E-state index in [1.165, 1.54) is 31.0 Å². The number of carbonyl (C=O) groups is 1. The van der Waals surface area contributed by atoms with E-state index in [-0.39, 0.29) is 4.57 Å². The highest BCUT2D eigenvalue weighted by atomic mass is 35.5. The summed E-state index contributed by atoms with van der Waals surface area (Å²) in [6.45, 7) is 0. The lowest BCUT2D eigenvalue weighted by molar-refractivity contribution is 0.275. The topological polar surface area (TPSA) is 17.1 Å². The molecule has 0 aliphatic heterocycles. The van der Waals surface area contributed by atoms with Crippen LogP contribution in [0.4, 0.5) is 4.79 Å². The Morgan fingerprint density at radius 3 is 2.67 bits per heavy atom. The molecule has 1 rings (SSSR count). The molecule has 0 saturated heterocycles. The van der Waals surface area contributed by atoms with Crippen LogP contribution in [0.25, 0.3) is 0 Å².